The molecule has 3 aliphatic heterocycles. The number of rotatable bonds is 9. The van der Waals surface area contributed by atoms with Gasteiger partial charge in [0, 0.05) is 75.6 Å². The maximum atomic E-state index is 13.9. The van der Waals surface area contributed by atoms with Gasteiger partial charge in [-0.25, -0.2) is 0 Å². The molecule has 0 aliphatic carbocycles. The molecule has 4 amide bonds. The Balaban J connectivity index is 0.920. The minimum absolute atomic E-state index is 0.0936. The number of aryl methyl sites for hydroxylation is 1. The summed E-state index contributed by atoms with van der Waals surface area (Å²) in [4.78, 5) is 69.1. The number of methoxy groups -OCH3 is 2. The predicted molar refractivity (Wildman–Crippen MR) is 197 cm³/mol. The van der Waals surface area contributed by atoms with Crippen molar-refractivity contribution in [1.82, 2.24) is 34.8 Å². The number of carbonyl (C=O) groups is 4. The first kappa shape index (κ1) is 35.7. The number of likely N-dealkylation sites (tertiary alicyclic amines) is 1. The SMILES string of the molecule is COc1cc(-c2cn(C)c(=O)c3[nH]ncc23)cc(OC)c1C(=O)N1CCN(CC(=O)N2CCC(c3ccc(NC4CCC(=O)NC4=O)cc3)CC2)CC1. The Labute approximate surface area is 306 Å². The van der Waals surface area contributed by atoms with Crippen LogP contribution >= 0.6 is 0 Å². The Kier molecular flexibility index (Phi) is 10.2. The molecule has 1 atom stereocenters. The molecule has 3 aliphatic rings. The van der Waals surface area contributed by atoms with Gasteiger partial charge in [0.1, 0.15) is 28.6 Å². The van der Waals surface area contributed by atoms with Gasteiger partial charge in [0.25, 0.3) is 11.5 Å². The number of fused-ring (bicyclic) bond motifs is 1. The second kappa shape index (κ2) is 15.1. The summed E-state index contributed by atoms with van der Waals surface area (Å²) in [5.41, 5.74) is 4.00. The first-order chi connectivity index (χ1) is 25.6. The molecule has 0 bridgehead atoms. The summed E-state index contributed by atoms with van der Waals surface area (Å²) in [5.74, 6) is 0.407. The molecule has 278 valence electrons. The van der Waals surface area contributed by atoms with Gasteiger partial charge in [-0.2, -0.15) is 5.10 Å². The van der Waals surface area contributed by atoms with E-state index in [2.05, 4.69) is 37.9 Å². The van der Waals surface area contributed by atoms with Crippen LogP contribution in [0.15, 0.2) is 53.6 Å². The van der Waals surface area contributed by atoms with E-state index in [0.717, 1.165) is 24.1 Å². The first-order valence-electron chi connectivity index (χ1n) is 17.9. The molecule has 5 heterocycles. The smallest absolute Gasteiger partial charge is 0.276 e. The zero-order valence-corrected chi connectivity index (χ0v) is 30.1. The lowest BCUT2D eigenvalue weighted by molar-refractivity contribution is -0.134. The maximum absolute atomic E-state index is 13.9. The highest BCUT2D eigenvalue weighted by Gasteiger charge is 2.31. The maximum Gasteiger partial charge on any atom is 0.276 e. The number of piperazine rings is 1. The van der Waals surface area contributed by atoms with Gasteiger partial charge < -0.3 is 29.2 Å². The summed E-state index contributed by atoms with van der Waals surface area (Å²) in [6.45, 7) is 3.69. The van der Waals surface area contributed by atoms with E-state index >= 15 is 0 Å². The largest absolute Gasteiger partial charge is 0.496 e. The van der Waals surface area contributed by atoms with Crippen molar-refractivity contribution in [3.05, 3.63) is 70.3 Å². The highest BCUT2D eigenvalue weighted by atomic mass is 16.5. The lowest BCUT2D eigenvalue weighted by Crippen LogP contribution is -2.52. The van der Waals surface area contributed by atoms with E-state index in [1.807, 2.05) is 17.0 Å². The molecule has 3 saturated heterocycles. The lowest BCUT2D eigenvalue weighted by Gasteiger charge is -2.37. The summed E-state index contributed by atoms with van der Waals surface area (Å²) >= 11 is 0. The van der Waals surface area contributed by atoms with Gasteiger partial charge in [-0.15, -0.1) is 0 Å². The number of H-pyrrole nitrogens is 1. The molecule has 0 saturated carbocycles. The van der Waals surface area contributed by atoms with Crippen LogP contribution in [0.25, 0.3) is 22.0 Å². The van der Waals surface area contributed by atoms with Crippen LogP contribution in [0.2, 0.25) is 0 Å². The molecule has 3 N–H and O–H groups in total. The van der Waals surface area contributed by atoms with Crippen LogP contribution in [-0.4, -0.2) is 119 Å². The van der Waals surface area contributed by atoms with E-state index < -0.39 is 6.04 Å². The second-order valence-electron chi connectivity index (χ2n) is 13.9. The zero-order valence-electron chi connectivity index (χ0n) is 30.1. The van der Waals surface area contributed by atoms with Gasteiger partial charge in [-0.1, -0.05) is 12.1 Å². The molecular formula is C38H44N8O7. The van der Waals surface area contributed by atoms with E-state index in [-0.39, 0.29) is 29.2 Å². The number of nitrogens with one attached hydrogen (secondary N) is 3. The second-order valence-corrected chi connectivity index (χ2v) is 13.9. The molecule has 15 heteroatoms. The third-order valence-corrected chi connectivity index (χ3v) is 10.6. The molecule has 2 aromatic carbocycles. The Morgan fingerprint density at radius 3 is 2.23 bits per heavy atom. The lowest BCUT2D eigenvalue weighted by atomic mass is 9.89. The number of benzene rings is 2. The number of carbonyl (C=O) groups excluding carboxylic acids is 4. The third-order valence-electron chi connectivity index (χ3n) is 10.6. The van der Waals surface area contributed by atoms with E-state index in [4.69, 9.17) is 9.47 Å². The summed E-state index contributed by atoms with van der Waals surface area (Å²) in [7, 11) is 4.69. The van der Waals surface area contributed by atoms with Crippen molar-refractivity contribution in [2.75, 3.05) is 65.3 Å². The number of hydrogen-bond acceptors (Lipinski definition) is 10. The van der Waals surface area contributed by atoms with Crippen LogP contribution in [0.5, 0.6) is 11.5 Å². The number of aromatic amines is 1. The number of imide groups is 1. The number of nitrogens with zero attached hydrogens (tertiary/aromatic N) is 5. The van der Waals surface area contributed by atoms with Crippen molar-refractivity contribution in [2.45, 2.75) is 37.6 Å². The summed E-state index contributed by atoms with van der Waals surface area (Å²) < 4.78 is 12.9. The number of aromatic nitrogens is 3. The number of hydrogen-bond donors (Lipinski definition) is 3. The highest BCUT2D eigenvalue weighted by Crippen LogP contribution is 2.38. The van der Waals surface area contributed by atoms with Gasteiger partial charge in [0.2, 0.25) is 17.7 Å². The van der Waals surface area contributed by atoms with Gasteiger partial charge in [-0.05, 0) is 60.6 Å². The molecule has 3 fully saturated rings. The summed E-state index contributed by atoms with van der Waals surface area (Å²) in [6, 6.07) is 11.2. The number of ether oxygens (including phenoxy) is 2. The fraction of sp³-hybridized carbons (Fsp3) is 0.421. The number of anilines is 1. The van der Waals surface area contributed by atoms with Gasteiger partial charge in [0.05, 0.1) is 27.0 Å². The molecule has 0 radical (unpaired) electrons. The molecule has 53 heavy (non-hydrogen) atoms. The van der Waals surface area contributed by atoms with Crippen molar-refractivity contribution in [1.29, 1.82) is 0 Å². The van der Waals surface area contributed by atoms with E-state index in [9.17, 15) is 24.0 Å². The Morgan fingerprint density at radius 1 is 0.906 bits per heavy atom. The van der Waals surface area contributed by atoms with Gasteiger partial charge in [0.15, 0.2) is 0 Å². The standard InChI is InChI=1S/C38H44N8O7/c1-43-21-28(27-20-39-42-35(27)38(43)51)25-18-30(52-2)34(31(19-25)53-3)37(50)46-16-14-44(15-17-46)22-33(48)45-12-10-24(11-13-45)23-4-6-26(7-5-23)40-29-8-9-32(47)41-36(29)49/h4-7,18-21,24,29,40H,8-17,22H2,1-3H3,(H,39,42)(H,41,47,49). The minimum Gasteiger partial charge on any atom is -0.496 e. The normalized spacial score (nSPS) is 18.6. The monoisotopic (exact) mass is 724 g/mol. The number of pyridine rings is 1. The van der Waals surface area contributed by atoms with Gasteiger partial charge >= 0.3 is 0 Å². The molecule has 4 aromatic rings. The van der Waals surface area contributed by atoms with Crippen LogP contribution in [-0.2, 0) is 21.4 Å². The van der Waals surface area contributed by atoms with Crippen molar-refractivity contribution >= 4 is 40.2 Å². The topological polar surface area (TPSA) is 171 Å². The van der Waals surface area contributed by atoms with E-state index in [1.54, 1.807) is 36.5 Å². The molecule has 1 unspecified atom stereocenters. The first-order valence-corrected chi connectivity index (χ1v) is 17.9. The van der Waals surface area contributed by atoms with Gasteiger partial charge in [-0.3, -0.25) is 39.3 Å². The van der Waals surface area contributed by atoms with Crippen LogP contribution in [0.4, 0.5) is 5.69 Å². The molecular weight excluding hydrogens is 680 g/mol. The van der Waals surface area contributed by atoms with E-state index in [1.165, 1.54) is 24.4 Å². The van der Waals surface area contributed by atoms with Crippen molar-refractivity contribution in [3.63, 3.8) is 0 Å². The average Bonchev–Trinajstić information content (AvgIpc) is 3.68. The summed E-state index contributed by atoms with van der Waals surface area (Å²) in [5, 5.41) is 13.1. The Morgan fingerprint density at radius 2 is 1.58 bits per heavy atom. The predicted octanol–water partition coefficient (Wildman–Crippen LogP) is 2.33. The van der Waals surface area contributed by atoms with E-state index in [0.29, 0.717) is 98.1 Å². The molecule has 7 rings (SSSR count). The summed E-state index contributed by atoms with van der Waals surface area (Å²) in [6.07, 6.45) is 5.86. The van der Waals surface area contributed by atoms with Crippen molar-refractivity contribution in [2.24, 2.45) is 7.05 Å². The number of piperidine rings is 2. The molecule has 0 spiro atoms. The highest BCUT2D eigenvalue weighted by molar-refractivity contribution is 6.02. The number of amides is 4. The quantitative estimate of drug-likeness (QED) is 0.218. The van der Waals surface area contributed by atoms with Crippen LogP contribution < -0.4 is 25.7 Å². The fourth-order valence-electron chi connectivity index (χ4n) is 7.56. The fourth-order valence-corrected chi connectivity index (χ4v) is 7.56. The zero-order chi connectivity index (χ0) is 37.2. The molecule has 15 nitrogen and oxygen atoms in total. The van der Waals surface area contributed by atoms with Crippen LogP contribution in [0.1, 0.15) is 47.5 Å². The third kappa shape index (κ3) is 7.33. The molecule has 2 aromatic heterocycles. The van der Waals surface area contributed by atoms with Crippen molar-refractivity contribution < 1.29 is 28.7 Å². The minimum atomic E-state index is -0.420. The van der Waals surface area contributed by atoms with Crippen molar-refractivity contribution in [3.8, 4) is 22.6 Å². The van der Waals surface area contributed by atoms with Crippen LogP contribution in [0.3, 0.4) is 0 Å². The van der Waals surface area contributed by atoms with Crippen LogP contribution in [0, 0.1) is 0 Å². The average molecular weight is 725 g/mol. The Bertz CT molecular complexity index is 2070. The Hall–Kier alpha value is -5.70.